The Morgan fingerprint density at radius 1 is 1.27 bits per heavy atom. The highest BCUT2D eigenvalue weighted by Gasteiger charge is 2.30. The van der Waals surface area contributed by atoms with E-state index in [4.69, 9.17) is 0 Å². The number of thioether (sulfide) groups is 1. The molecule has 0 spiro atoms. The van der Waals surface area contributed by atoms with Gasteiger partial charge in [-0.05, 0) is 24.0 Å². The van der Waals surface area contributed by atoms with E-state index < -0.39 is 17.8 Å². The molecule has 0 aliphatic heterocycles. The second kappa shape index (κ2) is 4.90. The van der Waals surface area contributed by atoms with E-state index >= 15 is 0 Å². The summed E-state index contributed by atoms with van der Waals surface area (Å²) in [5, 5.41) is 9.51. The predicted molar refractivity (Wildman–Crippen MR) is 54.8 cm³/mol. The van der Waals surface area contributed by atoms with Crippen LogP contribution in [-0.4, -0.2) is 17.1 Å². The van der Waals surface area contributed by atoms with Crippen LogP contribution in [0.3, 0.4) is 0 Å². The molecule has 1 aromatic rings. The summed E-state index contributed by atoms with van der Waals surface area (Å²) in [5.74, 6) is 0.478. The molecule has 0 bridgehead atoms. The lowest BCUT2D eigenvalue weighted by atomic mass is 10.1. The third-order valence-electron chi connectivity index (χ3n) is 1.95. The maximum atomic E-state index is 12.2. The highest BCUT2D eigenvalue weighted by Crippen LogP contribution is 2.30. The Bertz CT molecular complexity index is 307. The van der Waals surface area contributed by atoms with Gasteiger partial charge in [0.05, 0.1) is 11.7 Å². The Labute approximate surface area is 90.3 Å². The molecule has 0 aromatic heterocycles. The van der Waals surface area contributed by atoms with Gasteiger partial charge >= 0.3 is 6.18 Å². The maximum absolute atomic E-state index is 12.2. The second-order valence-corrected chi connectivity index (χ2v) is 4.00. The third kappa shape index (κ3) is 3.43. The normalized spacial score (nSPS) is 13.9. The zero-order valence-electron chi connectivity index (χ0n) is 8.08. The Morgan fingerprint density at radius 3 is 2.20 bits per heavy atom. The molecule has 0 aliphatic carbocycles. The third-order valence-corrected chi connectivity index (χ3v) is 2.60. The standard InChI is InChI=1S/C10H11F3OS/c1-15-6-9(14)7-2-4-8(5-3-7)10(11,12)13/h2-5,9,14H,6H2,1H3. The zero-order valence-corrected chi connectivity index (χ0v) is 8.90. The fourth-order valence-corrected chi connectivity index (χ4v) is 1.66. The van der Waals surface area contributed by atoms with Crippen molar-refractivity contribution >= 4 is 11.8 Å². The molecular formula is C10H11F3OS. The molecule has 0 aliphatic rings. The average Bonchev–Trinajstić information content (AvgIpc) is 2.17. The predicted octanol–water partition coefficient (Wildman–Crippen LogP) is 3.10. The van der Waals surface area contributed by atoms with Crippen LogP contribution < -0.4 is 0 Å². The largest absolute Gasteiger partial charge is 0.416 e. The fourth-order valence-electron chi connectivity index (χ4n) is 1.15. The van der Waals surface area contributed by atoms with Crippen molar-refractivity contribution in [2.24, 2.45) is 0 Å². The summed E-state index contributed by atoms with van der Waals surface area (Å²) in [4.78, 5) is 0. The van der Waals surface area contributed by atoms with E-state index in [2.05, 4.69) is 0 Å². The van der Waals surface area contributed by atoms with Gasteiger partial charge in [0, 0.05) is 5.75 Å². The van der Waals surface area contributed by atoms with Gasteiger partial charge in [0.15, 0.2) is 0 Å². The highest BCUT2D eigenvalue weighted by molar-refractivity contribution is 7.98. The van der Waals surface area contributed by atoms with Crippen molar-refractivity contribution in [1.82, 2.24) is 0 Å². The quantitative estimate of drug-likeness (QED) is 0.870. The van der Waals surface area contributed by atoms with Gasteiger partial charge in [-0.1, -0.05) is 12.1 Å². The Hall–Kier alpha value is -0.680. The lowest BCUT2D eigenvalue weighted by Gasteiger charge is -2.11. The summed E-state index contributed by atoms with van der Waals surface area (Å²) >= 11 is 1.44. The summed E-state index contributed by atoms with van der Waals surface area (Å²) in [5.41, 5.74) is -0.181. The molecular weight excluding hydrogens is 225 g/mol. The number of alkyl halides is 3. The maximum Gasteiger partial charge on any atom is 0.416 e. The smallest absolute Gasteiger partial charge is 0.388 e. The first-order chi connectivity index (χ1) is 6.95. The molecule has 1 unspecified atom stereocenters. The van der Waals surface area contributed by atoms with E-state index in [1.165, 1.54) is 23.9 Å². The van der Waals surface area contributed by atoms with Crippen molar-refractivity contribution in [2.45, 2.75) is 12.3 Å². The van der Waals surface area contributed by atoms with Crippen LogP contribution >= 0.6 is 11.8 Å². The first-order valence-electron chi connectivity index (χ1n) is 4.29. The van der Waals surface area contributed by atoms with Gasteiger partial charge < -0.3 is 5.11 Å². The lowest BCUT2D eigenvalue weighted by molar-refractivity contribution is -0.137. The average molecular weight is 236 g/mol. The van der Waals surface area contributed by atoms with Gasteiger partial charge in [-0.15, -0.1) is 0 Å². The number of benzene rings is 1. The van der Waals surface area contributed by atoms with E-state index in [1.54, 1.807) is 0 Å². The van der Waals surface area contributed by atoms with Crippen LogP contribution in [0.5, 0.6) is 0 Å². The van der Waals surface area contributed by atoms with Crippen LogP contribution in [0.4, 0.5) is 13.2 Å². The zero-order chi connectivity index (χ0) is 11.5. The molecule has 0 saturated carbocycles. The van der Waals surface area contributed by atoms with Crippen LogP contribution in [0.2, 0.25) is 0 Å². The summed E-state index contributed by atoms with van der Waals surface area (Å²) in [6, 6.07) is 4.59. The highest BCUT2D eigenvalue weighted by atomic mass is 32.2. The molecule has 0 heterocycles. The number of hydrogen-bond acceptors (Lipinski definition) is 2. The van der Waals surface area contributed by atoms with Crippen LogP contribution in [0.25, 0.3) is 0 Å². The Balaban J connectivity index is 2.81. The topological polar surface area (TPSA) is 20.2 Å². The van der Waals surface area contributed by atoms with Crippen molar-refractivity contribution in [2.75, 3.05) is 12.0 Å². The monoisotopic (exact) mass is 236 g/mol. The van der Waals surface area contributed by atoms with E-state index in [1.807, 2.05) is 6.26 Å². The Morgan fingerprint density at radius 2 is 1.80 bits per heavy atom. The van der Waals surface area contributed by atoms with Crippen molar-refractivity contribution in [1.29, 1.82) is 0 Å². The molecule has 0 amide bonds. The number of hydrogen-bond donors (Lipinski definition) is 1. The van der Waals surface area contributed by atoms with E-state index in [0.717, 1.165) is 12.1 Å². The first-order valence-corrected chi connectivity index (χ1v) is 5.68. The molecule has 1 N–H and O–H groups in total. The molecule has 15 heavy (non-hydrogen) atoms. The van der Waals surface area contributed by atoms with Crippen LogP contribution in [0.15, 0.2) is 24.3 Å². The SMILES string of the molecule is CSCC(O)c1ccc(C(F)(F)F)cc1. The summed E-state index contributed by atoms with van der Waals surface area (Å²) < 4.78 is 36.6. The van der Waals surface area contributed by atoms with Crippen LogP contribution in [0, 0.1) is 0 Å². The molecule has 5 heteroatoms. The van der Waals surface area contributed by atoms with Crippen LogP contribution in [0.1, 0.15) is 17.2 Å². The lowest BCUT2D eigenvalue weighted by Crippen LogP contribution is -2.06. The minimum Gasteiger partial charge on any atom is -0.388 e. The molecule has 1 atom stereocenters. The van der Waals surface area contributed by atoms with Gasteiger partial charge in [-0.3, -0.25) is 0 Å². The van der Waals surface area contributed by atoms with E-state index in [-0.39, 0.29) is 0 Å². The molecule has 1 aromatic carbocycles. The van der Waals surface area contributed by atoms with E-state index in [0.29, 0.717) is 11.3 Å². The molecule has 0 fully saturated rings. The van der Waals surface area contributed by atoms with Crippen LogP contribution in [-0.2, 0) is 6.18 Å². The summed E-state index contributed by atoms with van der Waals surface area (Å²) in [7, 11) is 0. The summed E-state index contributed by atoms with van der Waals surface area (Å²) in [6.07, 6.45) is -3.20. The van der Waals surface area contributed by atoms with Crippen molar-refractivity contribution in [3.05, 3.63) is 35.4 Å². The number of rotatable bonds is 3. The second-order valence-electron chi connectivity index (χ2n) is 3.09. The van der Waals surface area contributed by atoms with Gasteiger partial charge in [0.25, 0.3) is 0 Å². The molecule has 1 rings (SSSR count). The fraction of sp³-hybridized carbons (Fsp3) is 0.400. The molecule has 84 valence electrons. The number of halogens is 3. The number of aliphatic hydroxyl groups excluding tert-OH is 1. The summed E-state index contributed by atoms with van der Waals surface area (Å²) in [6.45, 7) is 0. The van der Waals surface area contributed by atoms with E-state index in [9.17, 15) is 18.3 Å². The first kappa shape index (κ1) is 12.4. The molecule has 0 radical (unpaired) electrons. The van der Waals surface area contributed by atoms with Gasteiger partial charge in [-0.25, -0.2) is 0 Å². The molecule has 0 saturated heterocycles. The minimum absolute atomic E-state index is 0.478. The van der Waals surface area contributed by atoms with Gasteiger partial charge in [0.2, 0.25) is 0 Å². The van der Waals surface area contributed by atoms with Gasteiger partial charge in [0.1, 0.15) is 0 Å². The van der Waals surface area contributed by atoms with Crippen molar-refractivity contribution in [3.8, 4) is 0 Å². The number of aliphatic hydroxyl groups is 1. The van der Waals surface area contributed by atoms with Crippen molar-refractivity contribution < 1.29 is 18.3 Å². The van der Waals surface area contributed by atoms with Gasteiger partial charge in [-0.2, -0.15) is 24.9 Å². The molecule has 1 nitrogen and oxygen atoms in total. The minimum atomic E-state index is -4.32. The Kier molecular flexibility index (Phi) is 4.04. The van der Waals surface area contributed by atoms with Crippen molar-refractivity contribution in [3.63, 3.8) is 0 Å².